The van der Waals surface area contributed by atoms with Crippen LogP contribution in [0.15, 0.2) is 18.3 Å². The molecular formula is C9H12ClN3. The van der Waals surface area contributed by atoms with E-state index in [0.717, 1.165) is 5.56 Å². The summed E-state index contributed by atoms with van der Waals surface area (Å²) in [5.74, 6) is 6.15. The second-order valence-electron chi connectivity index (χ2n) is 3.39. The van der Waals surface area contributed by atoms with Gasteiger partial charge in [0.1, 0.15) is 5.15 Å². The van der Waals surface area contributed by atoms with Crippen molar-refractivity contribution in [1.82, 2.24) is 10.4 Å². The lowest BCUT2D eigenvalue weighted by Gasteiger charge is -2.14. The average molecular weight is 198 g/mol. The number of hydrogen-bond acceptors (Lipinski definition) is 3. The Morgan fingerprint density at radius 1 is 1.62 bits per heavy atom. The molecule has 0 aromatic carbocycles. The van der Waals surface area contributed by atoms with Crippen LogP contribution in [0.3, 0.4) is 0 Å². The number of nitrogens with zero attached hydrogens (tertiary/aromatic N) is 1. The van der Waals surface area contributed by atoms with E-state index in [2.05, 4.69) is 10.4 Å². The van der Waals surface area contributed by atoms with Gasteiger partial charge in [0.2, 0.25) is 0 Å². The van der Waals surface area contributed by atoms with Crippen LogP contribution in [-0.4, -0.2) is 4.98 Å². The summed E-state index contributed by atoms with van der Waals surface area (Å²) in [5, 5.41) is 0.526. The minimum atomic E-state index is 0.237. The predicted octanol–water partition coefficient (Wildman–Crippen LogP) is 1.65. The third-order valence-electron chi connectivity index (χ3n) is 2.38. The van der Waals surface area contributed by atoms with Crippen LogP contribution in [0.5, 0.6) is 0 Å². The van der Waals surface area contributed by atoms with E-state index in [1.165, 1.54) is 12.8 Å². The maximum atomic E-state index is 5.79. The first-order chi connectivity index (χ1) is 6.31. The van der Waals surface area contributed by atoms with Crippen molar-refractivity contribution in [3.63, 3.8) is 0 Å². The van der Waals surface area contributed by atoms with Crippen molar-refractivity contribution >= 4 is 11.6 Å². The second kappa shape index (κ2) is 3.62. The molecule has 70 valence electrons. The zero-order valence-corrected chi connectivity index (χ0v) is 7.96. The van der Waals surface area contributed by atoms with Gasteiger partial charge in [-0.05, 0) is 36.5 Å². The van der Waals surface area contributed by atoms with E-state index in [0.29, 0.717) is 11.1 Å². The molecule has 3 N–H and O–H groups in total. The molecule has 0 radical (unpaired) electrons. The molecule has 0 bridgehead atoms. The smallest absolute Gasteiger partial charge is 0.129 e. The van der Waals surface area contributed by atoms with Gasteiger partial charge in [0.05, 0.1) is 0 Å². The molecular weight excluding hydrogens is 186 g/mol. The molecule has 1 heterocycles. The molecule has 0 amide bonds. The zero-order chi connectivity index (χ0) is 9.26. The summed E-state index contributed by atoms with van der Waals surface area (Å²) in [7, 11) is 0. The highest BCUT2D eigenvalue weighted by molar-refractivity contribution is 6.29. The summed E-state index contributed by atoms with van der Waals surface area (Å²) in [6.07, 6.45) is 4.20. The lowest BCUT2D eigenvalue weighted by molar-refractivity contribution is 0.496. The molecule has 0 spiro atoms. The number of pyridine rings is 1. The number of nitrogens with two attached hydrogens (primary N) is 1. The Kier molecular flexibility index (Phi) is 2.49. The van der Waals surface area contributed by atoms with E-state index in [-0.39, 0.29) is 6.04 Å². The molecule has 1 aromatic rings. The summed E-state index contributed by atoms with van der Waals surface area (Å²) >= 11 is 5.79. The van der Waals surface area contributed by atoms with Crippen molar-refractivity contribution in [3.8, 4) is 0 Å². The van der Waals surface area contributed by atoms with Gasteiger partial charge in [-0.15, -0.1) is 0 Å². The van der Waals surface area contributed by atoms with E-state index in [1.807, 2.05) is 12.1 Å². The highest BCUT2D eigenvalue weighted by atomic mass is 35.5. The molecule has 3 nitrogen and oxygen atoms in total. The maximum absolute atomic E-state index is 5.79. The highest BCUT2D eigenvalue weighted by Crippen LogP contribution is 2.40. The Morgan fingerprint density at radius 2 is 2.38 bits per heavy atom. The summed E-state index contributed by atoms with van der Waals surface area (Å²) in [4.78, 5) is 3.93. The van der Waals surface area contributed by atoms with Crippen molar-refractivity contribution in [3.05, 3.63) is 29.0 Å². The Labute approximate surface area is 82.3 Å². The Morgan fingerprint density at radius 3 is 2.92 bits per heavy atom. The Hall–Kier alpha value is -0.640. The van der Waals surface area contributed by atoms with E-state index in [4.69, 9.17) is 17.4 Å². The van der Waals surface area contributed by atoms with Gasteiger partial charge < -0.3 is 0 Å². The van der Waals surface area contributed by atoms with Crippen LogP contribution < -0.4 is 11.3 Å². The van der Waals surface area contributed by atoms with Gasteiger partial charge in [0.15, 0.2) is 0 Å². The fourth-order valence-electron chi connectivity index (χ4n) is 1.54. The molecule has 1 aromatic heterocycles. The van der Waals surface area contributed by atoms with Crippen LogP contribution in [0.25, 0.3) is 0 Å². The monoisotopic (exact) mass is 197 g/mol. The lowest BCUT2D eigenvalue weighted by atomic mass is 10.1. The van der Waals surface area contributed by atoms with Crippen LogP contribution in [0.2, 0.25) is 5.15 Å². The molecule has 1 atom stereocenters. The second-order valence-corrected chi connectivity index (χ2v) is 3.78. The number of rotatable bonds is 3. The van der Waals surface area contributed by atoms with Crippen molar-refractivity contribution in [2.24, 2.45) is 11.8 Å². The van der Waals surface area contributed by atoms with Gasteiger partial charge in [0.25, 0.3) is 0 Å². The normalized spacial score (nSPS) is 18.6. The van der Waals surface area contributed by atoms with Crippen LogP contribution in [-0.2, 0) is 0 Å². The number of halogens is 1. The lowest BCUT2D eigenvalue weighted by Crippen LogP contribution is -2.29. The van der Waals surface area contributed by atoms with E-state index >= 15 is 0 Å². The van der Waals surface area contributed by atoms with E-state index in [1.54, 1.807) is 6.20 Å². The molecule has 1 aliphatic carbocycles. The molecule has 4 heteroatoms. The summed E-state index contributed by atoms with van der Waals surface area (Å²) in [6, 6.07) is 4.06. The zero-order valence-electron chi connectivity index (χ0n) is 7.20. The summed E-state index contributed by atoms with van der Waals surface area (Å²) < 4.78 is 0. The predicted molar refractivity (Wildman–Crippen MR) is 52.0 cm³/mol. The van der Waals surface area contributed by atoms with Crippen molar-refractivity contribution in [1.29, 1.82) is 0 Å². The molecule has 0 saturated heterocycles. The molecule has 1 saturated carbocycles. The summed E-state index contributed by atoms with van der Waals surface area (Å²) in [6.45, 7) is 0. The first kappa shape index (κ1) is 8.94. The first-order valence-electron chi connectivity index (χ1n) is 4.39. The SMILES string of the molecule is NNC(c1ccnc(Cl)c1)C1CC1. The maximum Gasteiger partial charge on any atom is 0.129 e. The van der Waals surface area contributed by atoms with Crippen LogP contribution in [0, 0.1) is 5.92 Å². The minimum Gasteiger partial charge on any atom is -0.271 e. The van der Waals surface area contributed by atoms with Crippen molar-refractivity contribution in [2.75, 3.05) is 0 Å². The topological polar surface area (TPSA) is 50.9 Å². The van der Waals surface area contributed by atoms with E-state index < -0.39 is 0 Å². The molecule has 13 heavy (non-hydrogen) atoms. The van der Waals surface area contributed by atoms with Gasteiger partial charge in [0, 0.05) is 12.2 Å². The largest absolute Gasteiger partial charge is 0.271 e. The Bertz CT molecular complexity index is 299. The fraction of sp³-hybridized carbons (Fsp3) is 0.444. The van der Waals surface area contributed by atoms with Gasteiger partial charge in [-0.3, -0.25) is 11.3 Å². The van der Waals surface area contributed by atoms with Crippen LogP contribution in [0.1, 0.15) is 24.4 Å². The number of hydrogen-bond donors (Lipinski definition) is 2. The van der Waals surface area contributed by atoms with Gasteiger partial charge in [-0.25, -0.2) is 4.98 Å². The summed E-state index contributed by atoms with van der Waals surface area (Å²) in [5.41, 5.74) is 3.95. The van der Waals surface area contributed by atoms with Gasteiger partial charge >= 0.3 is 0 Å². The third kappa shape index (κ3) is 1.99. The fourth-order valence-corrected chi connectivity index (χ4v) is 1.73. The van der Waals surface area contributed by atoms with Crippen LogP contribution >= 0.6 is 11.6 Å². The number of hydrazine groups is 1. The van der Waals surface area contributed by atoms with Crippen LogP contribution in [0.4, 0.5) is 0 Å². The highest BCUT2D eigenvalue weighted by Gasteiger charge is 2.31. The van der Waals surface area contributed by atoms with Crippen molar-refractivity contribution < 1.29 is 0 Å². The van der Waals surface area contributed by atoms with Gasteiger partial charge in [-0.2, -0.15) is 0 Å². The standard InChI is InChI=1S/C9H12ClN3/c10-8-5-7(3-4-12-8)9(13-11)6-1-2-6/h3-6,9,13H,1-2,11H2. The third-order valence-corrected chi connectivity index (χ3v) is 2.59. The number of nitrogens with one attached hydrogen (secondary N) is 1. The molecule has 1 fully saturated rings. The van der Waals surface area contributed by atoms with Crippen molar-refractivity contribution in [2.45, 2.75) is 18.9 Å². The average Bonchev–Trinajstić information content (AvgIpc) is 2.90. The minimum absolute atomic E-state index is 0.237. The Balaban J connectivity index is 2.21. The molecule has 1 aliphatic rings. The molecule has 0 aliphatic heterocycles. The first-order valence-corrected chi connectivity index (χ1v) is 4.76. The molecule has 1 unspecified atom stereocenters. The van der Waals surface area contributed by atoms with Gasteiger partial charge in [-0.1, -0.05) is 11.6 Å². The number of aromatic nitrogens is 1. The molecule has 2 rings (SSSR count). The quantitative estimate of drug-likeness (QED) is 0.440. The van der Waals surface area contributed by atoms with E-state index in [9.17, 15) is 0 Å².